The topological polar surface area (TPSA) is 52.3 Å². The van der Waals surface area contributed by atoms with Crippen molar-refractivity contribution in [2.75, 3.05) is 13.7 Å². The van der Waals surface area contributed by atoms with Gasteiger partial charge < -0.3 is 10.5 Å². The van der Waals surface area contributed by atoms with Crippen LogP contribution in [0.2, 0.25) is 0 Å². The first kappa shape index (κ1) is 12.2. The smallest absolute Gasteiger partial charge is 0.164 e. The van der Waals surface area contributed by atoms with Crippen molar-refractivity contribution >= 4 is 21.7 Å². The first-order valence-electron chi connectivity index (χ1n) is 4.67. The summed E-state index contributed by atoms with van der Waals surface area (Å²) in [5.41, 5.74) is 6.97. The fourth-order valence-corrected chi connectivity index (χ4v) is 2.00. The maximum absolute atomic E-state index is 11.7. The van der Waals surface area contributed by atoms with Crippen LogP contribution in [0.4, 0.5) is 0 Å². The summed E-state index contributed by atoms with van der Waals surface area (Å²) < 4.78 is 5.99. The number of carbonyl (C=O) groups is 1. The Balaban J connectivity index is 3.12. The molecule has 2 N–H and O–H groups in total. The second kappa shape index (κ2) is 5.28. The van der Waals surface area contributed by atoms with E-state index in [1.807, 2.05) is 13.0 Å². The Morgan fingerprint density at radius 3 is 2.73 bits per heavy atom. The van der Waals surface area contributed by atoms with E-state index >= 15 is 0 Å². The molecule has 1 aromatic carbocycles. The molecule has 3 nitrogen and oxygen atoms in total. The molecule has 0 aliphatic carbocycles. The van der Waals surface area contributed by atoms with Crippen LogP contribution in [-0.2, 0) is 0 Å². The van der Waals surface area contributed by atoms with E-state index in [0.717, 1.165) is 10.0 Å². The number of halogens is 1. The number of rotatable bonds is 4. The van der Waals surface area contributed by atoms with Gasteiger partial charge in [-0.05, 0) is 47.1 Å². The quantitative estimate of drug-likeness (QED) is 0.855. The van der Waals surface area contributed by atoms with Crippen LogP contribution in [0.5, 0.6) is 5.75 Å². The molecule has 0 spiro atoms. The van der Waals surface area contributed by atoms with E-state index in [0.29, 0.717) is 24.3 Å². The summed E-state index contributed by atoms with van der Waals surface area (Å²) >= 11 is 3.37. The fourth-order valence-electron chi connectivity index (χ4n) is 1.38. The highest BCUT2D eigenvalue weighted by molar-refractivity contribution is 9.10. The maximum Gasteiger partial charge on any atom is 0.164 e. The Morgan fingerprint density at radius 1 is 1.53 bits per heavy atom. The molecule has 4 heteroatoms. The predicted molar refractivity (Wildman–Crippen MR) is 63.4 cm³/mol. The number of hydrogen-bond donors (Lipinski definition) is 1. The van der Waals surface area contributed by atoms with E-state index < -0.39 is 0 Å². The van der Waals surface area contributed by atoms with Crippen LogP contribution < -0.4 is 10.5 Å². The molecular formula is C11H14BrNO2. The minimum absolute atomic E-state index is 0.0563. The van der Waals surface area contributed by atoms with Gasteiger partial charge in [0.25, 0.3) is 0 Å². The van der Waals surface area contributed by atoms with Crippen molar-refractivity contribution in [1.82, 2.24) is 0 Å². The van der Waals surface area contributed by atoms with Crippen LogP contribution in [0.25, 0.3) is 0 Å². The minimum Gasteiger partial charge on any atom is -0.496 e. The van der Waals surface area contributed by atoms with Gasteiger partial charge in [0.05, 0.1) is 11.6 Å². The second-order valence-corrected chi connectivity index (χ2v) is 4.12. The van der Waals surface area contributed by atoms with Crippen molar-refractivity contribution in [3.05, 3.63) is 27.7 Å². The molecule has 0 heterocycles. The third-order valence-corrected chi connectivity index (χ3v) is 2.79. The van der Waals surface area contributed by atoms with Crippen LogP contribution in [0.1, 0.15) is 22.3 Å². The summed E-state index contributed by atoms with van der Waals surface area (Å²) in [5.74, 6) is 0.724. The monoisotopic (exact) mass is 271 g/mol. The predicted octanol–water partition coefficient (Wildman–Crippen LogP) is 2.30. The van der Waals surface area contributed by atoms with Crippen LogP contribution in [-0.4, -0.2) is 19.4 Å². The molecule has 0 fully saturated rings. The van der Waals surface area contributed by atoms with Crippen LogP contribution in [0.3, 0.4) is 0 Å². The van der Waals surface area contributed by atoms with Gasteiger partial charge >= 0.3 is 0 Å². The van der Waals surface area contributed by atoms with Crippen molar-refractivity contribution < 1.29 is 9.53 Å². The molecule has 0 aromatic heterocycles. The standard InChI is InChI=1S/C11H14BrNO2/c1-7-5-9(12)11(15-2)6-8(7)10(14)3-4-13/h5-6H,3-4,13H2,1-2H3. The lowest BCUT2D eigenvalue weighted by Crippen LogP contribution is -2.09. The van der Waals surface area contributed by atoms with Crippen molar-refractivity contribution in [3.63, 3.8) is 0 Å². The molecule has 0 bridgehead atoms. The summed E-state index contributed by atoms with van der Waals surface area (Å²) in [6.07, 6.45) is 0.367. The average Bonchev–Trinajstić information content (AvgIpc) is 2.18. The number of hydrogen-bond acceptors (Lipinski definition) is 3. The van der Waals surface area contributed by atoms with E-state index in [1.54, 1.807) is 13.2 Å². The normalized spacial score (nSPS) is 10.1. The van der Waals surface area contributed by atoms with Gasteiger partial charge in [-0.15, -0.1) is 0 Å². The molecule has 0 saturated heterocycles. The van der Waals surface area contributed by atoms with Crippen molar-refractivity contribution in [1.29, 1.82) is 0 Å². The summed E-state index contributed by atoms with van der Waals surface area (Å²) in [4.78, 5) is 11.7. The maximum atomic E-state index is 11.7. The Hall–Kier alpha value is -0.870. The SMILES string of the molecule is COc1cc(C(=O)CCN)c(C)cc1Br. The summed E-state index contributed by atoms with van der Waals surface area (Å²) in [7, 11) is 1.58. The average molecular weight is 272 g/mol. The lowest BCUT2D eigenvalue weighted by atomic mass is 10.0. The number of ketones is 1. The number of ether oxygens (including phenoxy) is 1. The molecule has 0 saturated carbocycles. The van der Waals surface area contributed by atoms with Crippen molar-refractivity contribution in [2.24, 2.45) is 5.73 Å². The Kier molecular flexibility index (Phi) is 4.29. The van der Waals surface area contributed by atoms with Crippen LogP contribution in [0.15, 0.2) is 16.6 Å². The number of carbonyl (C=O) groups excluding carboxylic acids is 1. The van der Waals surface area contributed by atoms with Gasteiger partial charge in [-0.2, -0.15) is 0 Å². The number of methoxy groups -OCH3 is 1. The van der Waals surface area contributed by atoms with Crippen molar-refractivity contribution in [2.45, 2.75) is 13.3 Å². The molecule has 82 valence electrons. The molecule has 0 unspecified atom stereocenters. The third-order valence-electron chi connectivity index (χ3n) is 2.17. The van der Waals surface area contributed by atoms with E-state index in [1.165, 1.54) is 0 Å². The van der Waals surface area contributed by atoms with Gasteiger partial charge in [0.2, 0.25) is 0 Å². The molecule has 0 atom stereocenters. The van der Waals surface area contributed by atoms with Gasteiger partial charge in [0, 0.05) is 12.0 Å². The molecule has 1 aromatic rings. The highest BCUT2D eigenvalue weighted by Gasteiger charge is 2.11. The summed E-state index contributed by atoms with van der Waals surface area (Å²) in [6, 6.07) is 3.62. The molecule has 0 amide bonds. The first-order chi connectivity index (χ1) is 7.10. The largest absolute Gasteiger partial charge is 0.496 e. The highest BCUT2D eigenvalue weighted by Crippen LogP contribution is 2.28. The summed E-state index contributed by atoms with van der Waals surface area (Å²) in [6.45, 7) is 2.27. The van der Waals surface area contributed by atoms with E-state index in [9.17, 15) is 4.79 Å². The van der Waals surface area contributed by atoms with Crippen molar-refractivity contribution in [3.8, 4) is 5.75 Å². The molecule has 0 radical (unpaired) electrons. The van der Waals surface area contributed by atoms with Gasteiger partial charge in [-0.3, -0.25) is 4.79 Å². The lowest BCUT2D eigenvalue weighted by Gasteiger charge is -2.09. The zero-order valence-electron chi connectivity index (χ0n) is 8.84. The Morgan fingerprint density at radius 2 is 2.20 bits per heavy atom. The van der Waals surface area contributed by atoms with Gasteiger partial charge in [0.1, 0.15) is 5.75 Å². The van der Waals surface area contributed by atoms with E-state index in [-0.39, 0.29) is 5.78 Å². The molecule has 15 heavy (non-hydrogen) atoms. The first-order valence-corrected chi connectivity index (χ1v) is 5.46. The van der Waals surface area contributed by atoms with E-state index in [2.05, 4.69) is 15.9 Å². The zero-order valence-corrected chi connectivity index (χ0v) is 10.4. The number of benzene rings is 1. The molecule has 1 rings (SSSR count). The number of aryl methyl sites for hydroxylation is 1. The lowest BCUT2D eigenvalue weighted by molar-refractivity contribution is 0.0984. The van der Waals surface area contributed by atoms with Gasteiger partial charge in [0.15, 0.2) is 5.78 Å². The molecular weight excluding hydrogens is 258 g/mol. The number of nitrogens with two attached hydrogens (primary N) is 1. The summed E-state index contributed by atoms with van der Waals surface area (Å²) in [5, 5.41) is 0. The highest BCUT2D eigenvalue weighted by atomic mass is 79.9. The minimum atomic E-state index is 0.0563. The van der Waals surface area contributed by atoms with Gasteiger partial charge in [-0.1, -0.05) is 0 Å². The van der Waals surface area contributed by atoms with Gasteiger partial charge in [-0.25, -0.2) is 0 Å². The fraction of sp³-hybridized carbons (Fsp3) is 0.364. The third kappa shape index (κ3) is 2.79. The second-order valence-electron chi connectivity index (χ2n) is 3.26. The zero-order chi connectivity index (χ0) is 11.4. The van der Waals surface area contributed by atoms with E-state index in [4.69, 9.17) is 10.5 Å². The van der Waals surface area contributed by atoms with Crippen LogP contribution >= 0.6 is 15.9 Å². The Labute approximate surface area is 97.7 Å². The molecule has 0 aliphatic heterocycles. The number of Topliss-reactive ketones (excluding diaryl/α,β-unsaturated/α-hetero) is 1. The molecule has 0 aliphatic rings. The Bertz CT molecular complexity index is 377. The van der Waals surface area contributed by atoms with Crippen LogP contribution in [0, 0.1) is 6.92 Å².